The molecule has 0 aliphatic carbocycles. The van der Waals surface area contributed by atoms with E-state index in [0.29, 0.717) is 36.5 Å². The summed E-state index contributed by atoms with van der Waals surface area (Å²) in [7, 11) is 0. The van der Waals surface area contributed by atoms with E-state index in [2.05, 4.69) is 10.3 Å². The van der Waals surface area contributed by atoms with E-state index in [1.807, 2.05) is 13.8 Å². The van der Waals surface area contributed by atoms with Crippen LogP contribution in [0.15, 0.2) is 48.5 Å². The molecule has 9 heteroatoms. The second-order valence-electron chi connectivity index (χ2n) is 9.17. The van der Waals surface area contributed by atoms with Crippen LogP contribution >= 0.6 is 0 Å². The van der Waals surface area contributed by atoms with Gasteiger partial charge in [-0.2, -0.15) is 0 Å². The van der Waals surface area contributed by atoms with E-state index < -0.39 is 11.7 Å². The molecule has 1 aromatic heterocycles. The van der Waals surface area contributed by atoms with Crippen LogP contribution in [0.5, 0.6) is 5.75 Å². The number of likely N-dealkylation sites (tertiary alicyclic amines) is 1. The molecular formula is C25H28F2N4O3. The number of nitrogens with zero attached hydrogens (tertiary/aromatic N) is 4. The van der Waals surface area contributed by atoms with Crippen LogP contribution < -0.4 is 4.74 Å². The van der Waals surface area contributed by atoms with Gasteiger partial charge in [0.1, 0.15) is 29.1 Å². The lowest BCUT2D eigenvalue weighted by molar-refractivity contribution is -0.111. The molecule has 1 aliphatic rings. The Morgan fingerprint density at radius 1 is 1.15 bits per heavy atom. The highest BCUT2D eigenvalue weighted by molar-refractivity contribution is 5.93. The third kappa shape index (κ3) is 4.94. The first-order valence-electron chi connectivity index (χ1n) is 11.3. The molecule has 0 saturated carbocycles. The number of piperidine rings is 1. The molecule has 0 radical (unpaired) electrons. The number of benzene rings is 2. The van der Waals surface area contributed by atoms with Gasteiger partial charge in [0.15, 0.2) is 5.69 Å². The highest BCUT2D eigenvalue weighted by Gasteiger charge is 2.45. The summed E-state index contributed by atoms with van der Waals surface area (Å²) in [5.74, 6) is -0.451. The molecule has 1 saturated heterocycles. The van der Waals surface area contributed by atoms with E-state index in [9.17, 15) is 18.7 Å². The third-order valence-corrected chi connectivity index (χ3v) is 6.11. The monoisotopic (exact) mass is 470 g/mol. The van der Waals surface area contributed by atoms with Crippen LogP contribution in [-0.2, 0) is 0 Å². The molecule has 2 heterocycles. The number of carbonyl (C=O) groups is 1. The van der Waals surface area contributed by atoms with Crippen LogP contribution in [0.2, 0.25) is 0 Å². The number of carbonyl (C=O) groups excluding carboxylic acids is 1. The molecular weight excluding hydrogens is 442 g/mol. The summed E-state index contributed by atoms with van der Waals surface area (Å²) in [6, 6.07) is 11.3. The molecule has 0 spiro atoms. The van der Waals surface area contributed by atoms with Gasteiger partial charge in [-0.3, -0.25) is 4.79 Å². The Bertz CT molecular complexity index is 1150. The Labute approximate surface area is 197 Å². The minimum absolute atomic E-state index is 0.141. The van der Waals surface area contributed by atoms with Crippen LogP contribution in [0.1, 0.15) is 42.9 Å². The van der Waals surface area contributed by atoms with Crippen LogP contribution in [0, 0.1) is 24.5 Å². The fourth-order valence-corrected chi connectivity index (χ4v) is 4.40. The van der Waals surface area contributed by atoms with Gasteiger partial charge >= 0.3 is 0 Å². The first-order chi connectivity index (χ1) is 16.2. The van der Waals surface area contributed by atoms with Gasteiger partial charge in [-0.1, -0.05) is 19.1 Å². The Morgan fingerprint density at radius 2 is 1.76 bits per heavy atom. The molecule has 7 nitrogen and oxygen atoms in total. The first kappa shape index (κ1) is 23.8. The number of rotatable bonds is 6. The van der Waals surface area contributed by atoms with Gasteiger partial charge < -0.3 is 14.7 Å². The van der Waals surface area contributed by atoms with Crippen molar-refractivity contribution in [1.82, 2.24) is 19.9 Å². The molecule has 0 unspecified atom stereocenters. The Kier molecular flexibility index (Phi) is 6.65. The highest BCUT2D eigenvalue weighted by atomic mass is 19.1. The summed E-state index contributed by atoms with van der Waals surface area (Å²) in [6.07, 6.45) is 0.125. The predicted octanol–water partition coefficient (Wildman–Crippen LogP) is 3.92. The fourth-order valence-electron chi connectivity index (χ4n) is 4.40. The summed E-state index contributed by atoms with van der Waals surface area (Å²) in [5.41, 5.74) is 0.155. The second-order valence-corrected chi connectivity index (χ2v) is 9.17. The number of halogens is 2. The number of aromatic nitrogens is 3. The van der Waals surface area contributed by atoms with E-state index in [-0.39, 0.29) is 35.7 Å². The smallest absolute Gasteiger partial charge is 0.276 e. The molecule has 0 bridgehead atoms. The Balaban J connectivity index is 1.57. The number of hydrogen-bond donors (Lipinski definition) is 1. The molecule has 2 atom stereocenters. The maximum Gasteiger partial charge on any atom is 0.276 e. The Morgan fingerprint density at radius 3 is 2.38 bits per heavy atom. The molecule has 3 aromatic rings. The lowest BCUT2D eigenvalue weighted by Gasteiger charge is -2.45. The van der Waals surface area contributed by atoms with E-state index in [0.717, 1.165) is 0 Å². The zero-order chi connectivity index (χ0) is 24.5. The summed E-state index contributed by atoms with van der Waals surface area (Å²) >= 11 is 0. The van der Waals surface area contributed by atoms with Crippen molar-refractivity contribution < 1.29 is 23.4 Å². The zero-order valence-corrected chi connectivity index (χ0v) is 19.4. The van der Waals surface area contributed by atoms with E-state index >= 15 is 0 Å². The van der Waals surface area contributed by atoms with Crippen molar-refractivity contribution in [2.24, 2.45) is 5.92 Å². The van der Waals surface area contributed by atoms with Crippen molar-refractivity contribution in [3.8, 4) is 11.4 Å². The number of amides is 1. The van der Waals surface area contributed by atoms with Gasteiger partial charge in [-0.05, 0) is 74.2 Å². The zero-order valence-electron chi connectivity index (χ0n) is 19.4. The van der Waals surface area contributed by atoms with E-state index in [1.54, 1.807) is 24.0 Å². The van der Waals surface area contributed by atoms with E-state index in [1.165, 1.54) is 41.1 Å². The quantitative estimate of drug-likeness (QED) is 0.591. The molecule has 34 heavy (non-hydrogen) atoms. The molecule has 1 amide bonds. The van der Waals surface area contributed by atoms with Gasteiger partial charge in [-0.15, -0.1) is 5.10 Å². The first-order valence-corrected chi connectivity index (χ1v) is 11.3. The maximum absolute atomic E-state index is 13.4. The SMILES string of the molecule is Cc1c(C(=O)N2CC[C@@](O)(CC(C)C)[C@@H](Oc3ccc(F)cc3)C2)nnn1-c1ccc(F)cc1. The molecule has 1 N–H and O–H groups in total. The van der Waals surface area contributed by atoms with Gasteiger partial charge in [-0.25, -0.2) is 13.5 Å². The van der Waals surface area contributed by atoms with E-state index in [4.69, 9.17) is 4.74 Å². The molecule has 2 aromatic carbocycles. The third-order valence-electron chi connectivity index (χ3n) is 6.11. The van der Waals surface area contributed by atoms with Crippen LogP contribution in [0.3, 0.4) is 0 Å². The summed E-state index contributed by atoms with van der Waals surface area (Å²) in [5, 5.41) is 19.6. The Hall–Kier alpha value is -3.33. The largest absolute Gasteiger partial charge is 0.486 e. The molecule has 1 aliphatic heterocycles. The van der Waals surface area contributed by atoms with Crippen LogP contribution in [0.4, 0.5) is 8.78 Å². The van der Waals surface area contributed by atoms with Gasteiger partial charge in [0.2, 0.25) is 0 Å². The predicted molar refractivity (Wildman–Crippen MR) is 122 cm³/mol. The van der Waals surface area contributed by atoms with Crippen molar-refractivity contribution in [2.75, 3.05) is 13.1 Å². The lowest BCUT2D eigenvalue weighted by atomic mass is 9.81. The van der Waals surface area contributed by atoms with Crippen LogP contribution in [-0.4, -0.2) is 55.7 Å². The van der Waals surface area contributed by atoms with Gasteiger partial charge in [0, 0.05) is 6.54 Å². The van der Waals surface area contributed by atoms with Crippen molar-refractivity contribution in [3.63, 3.8) is 0 Å². The second kappa shape index (κ2) is 9.50. The number of ether oxygens (including phenoxy) is 1. The van der Waals surface area contributed by atoms with Crippen molar-refractivity contribution in [3.05, 3.63) is 71.6 Å². The van der Waals surface area contributed by atoms with Crippen molar-refractivity contribution in [2.45, 2.75) is 45.3 Å². The number of aliphatic hydroxyl groups is 1. The maximum atomic E-state index is 13.4. The minimum atomic E-state index is -1.14. The number of hydrogen-bond acceptors (Lipinski definition) is 5. The molecule has 4 rings (SSSR count). The molecule has 180 valence electrons. The topological polar surface area (TPSA) is 80.5 Å². The summed E-state index contributed by atoms with van der Waals surface area (Å²) in [4.78, 5) is 15.0. The minimum Gasteiger partial charge on any atom is -0.486 e. The fraction of sp³-hybridized carbons (Fsp3) is 0.400. The standard InChI is InChI=1S/C25H28F2N4O3/c1-16(2)14-25(33)12-13-30(15-22(25)34-21-10-6-19(27)7-11-21)24(32)23-17(3)31(29-28-23)20-8-4-18(26)5-9-20/h4-11,16,22,33H,12-15H2,1-3H3/t22-,25+/m0/s1. The highest BCUT2D eigenvalue weighted by Crippen LogP contribution is 2.33. The van der Waals surface area contributed by atoms with Gasteiger partial charge in [0.25, 0.3) is 5.91 Å². The lowest BCUT2D eigenvalue weighted by Crippen LogP contribution is -2.59. The average Bonchev–Trinajstić information content (AvgIpc) is 3.17. The van der Waals surface area contributed by atoms with Crippen molar-refractivity contribution >= 4 is 5.91 Å². The van der Waals surface area contributed by atoms with Gasteiger partial charge in [0.05, 0.1) is 17.9 Å². The van der Waals surface area contributed by atoms with Crippen molar-refractivity contribution in [1.29, 1.82) is 0 Å². The summed E-state index contributed by atoms with van der Waals surface area (Å²) < 4.78 is 34.2. The normalized spacial score (nSPS) is 20.6. The molecule has 1 fully saturated rings. The summed E-state index contributed by atoms with van der Waals surface area (Å²) in [6.45, 7) is 6.22. The average molecular weight is 471 g/mol. The van der Waals surface area contributed by atoms with Crippen LogP contribution in [0.25, 0.3) is 5.69 Å².